The van der Waals surface area contributed by atoms with Gasteiger partial charge < -0.3 is 0 Å². The quantitative estimate of drug-likeness (QED) is 0.831. The molecule has 20 heavy (non-hydrogen) atoms. The molecule has 0 saturated heterocycles. The lowest BCUT2D eigenvalue weighted by molar-refractivity contribution is 0.457. The molecule has 4 nitrogen and oxygen atoms in total. The van der Waals surface area contributed by atoms with Gasteiger partial charge in [-0.25, -0.2) is 4.98 Å². The van der Waals surface area contributed by atoms with Crippen LogP contribution in [0.1, 0.15) is 17.8 Å². The number of thioether (sulfide) groups is 1. The molecular formula is C14H16N4S2. The van der Waals surface area contributed by atoms with E-state index in [1.807, 2.05) is 44.3 Å². The molecule has 0 aliphatic rings. The van der Waals surface area contributed by atoms with Crippen LogP contribution in [0.5, 0.6) is 0 Å². The first kappa shape index (κ1) is 15.0. The van der Waals surface area contributed by atoms with Crippen LogP contribution in [0.3, 0.4) is 0 Å². The maximum atomic E-state index is 9.58. The molecule has 0 saturated carbocycles. The second kappa shape index (κ2) is 6.84. The van der Waals surface area contributed by atoms with E-state index < -0.39 is 5.54 Å². The lowest BCUT2D eigenvalue weighted by atomic mass is 9.89. The fourth-order valence-electron chi connectivity index (χ4n) is 1.94. The molecule has 0 aliphatic carbocycles. The van der Waals surface area contributed by atoms with Gasteiger partial charge in [0, 0.05) is 5.75 Å². The van der Waals surface area contributed by atoms with E-state index in [-0.39, 0.29) is 0 Å². The second-order valence-electron chi connectivity index (χ2n) is 4.34. The van der Waals surface area contributed by atoms with Crippen LogP contribution >= 0.6 is 23.3 Å². The van der Waals surface area contributed by atoms with Gasteiger partial charge in [0.25, 0.3) is 0 Å². The topological polar surface area (TPSA) is 61.6 Å². The summed E-state index contributed by atoms with van der Waals surface area (Å²) in [5, 5.41) is 12.8. The highest BCUT2D eigenvalue weighted by Crippen LogP contribution is 2.28. The molecule has 1 aromatic carbocycles. The van der Waals surface area contributed by atoms with Crippen molar-refractivity contribution in [2.75, 3.05) is 12.8 Å². The summed E-state index contributed by atoms with van der Waals surface area (Å²) in [6.45, 7) is 1.89. The molecule has 1 heterocycles. The third-order valence-corrected chi connectivity index (χ3v) is 5.02. The maximum Gasteiger partial charge on any atom is 0.170 e. The van der Waals surface area contributed by atoms with E-state index in [0.29, 0.717) is 6.42 Å². The third-order valence-electron chi connectivity index (χ3n) is 3.10. The first-order valence-corrected chi connectivity index (χ1v) is 8.05. The van der Waals surface area contributed by atoms with Crippen LogP contribution in [0, 0.1) is 18.3 Å². The Morgan fingerprint density at radius 1 is 1.40 bits per heavy atom. The fraction of sp³-hybridized carbons (Fsp3) is 0.357. The third kappa shape index (κ3) is 3.37. The average molecular weight is 304 g/mol. The Morgan fingerprint density at radius 2 is 2.15 bits per heavy atom. The minimum atomic E-state index is -0.645. The van der Waals surface area contributed by atoms with Crippen molar-refractivity contribution in [3.05, 3.63) is 41.7 Å². The number of aryl methyl sites for hydroxylation is 1. The molecule has 1 aromatic heterocycles. The van der Waals surface area contributed by atoms with Gasteiger partial charge in [0.15, 0.2) is 4.34 Å². The molecular weight excluding hydrogens is 288 g/mol. The zero-order valence-corrected chi connectivity index (χ0v) is 13.1. The Kier molecular flexibility index (Phi) is 5.12. The van der Waals surface area contributed by atoms with E-state index in [4.69, 9.17) is 0 Å². The van der Waals surface area contributed by atoms with Crippen molar-refractivity contribution in [2.24, 2.45) is 0 Å². The number of rotatable bonds is 6. The van der Waals surface area contributed by atoms with Gasteiger partial charge in [0.1, 0.15) is 11.4 Å². The van der Waals surface area contributed by atoms with E-state index in [0.717, 1.165) is 21.5 Å². The molecule has 104 valence electrons. The Hall–Kier alpha value is -1.42. The minimum Gasteiger partial charge on any atom is -0.299 e. The molecule has 2 rings (SSSR count). The highest BCUT2D eigenvalue weighted by Gasteiger charge is 2.29. The van der Waals surface area contributed by atoms with Crippen LogP contribution in [0.4, 0.5) is 0 Å². The van der Waals surface area contributed by atoms with Gasteiger partial charge in [-0.3, -0.25) is 5.32 Å². The summed E-state index contributed by atoms with van der Waals surface area (Å²) in [4.78, 5) is 4.32. The Labute approximate surface area is 127 Å². The van der Waals surface area contributed by atoms with Crippen LogP contribution in [0.2, 0.25) is 0 Å². The van der Waals surface area contributed by atoms with E-state index >= 15 is 0 Å². The number of nitrogens with zero attached hydrogens (tertiary/aromatic N) is 3. The number of benzene rings is 1. The summed E-state index contributed by atoms with van der Waals surface area (Å²) in [6, 6.07) is 12.3. The first-order chi connectivity index (χ1) is 9.70. The maximum absolute atomic E-state index is 9.58. The zero-order valence-electron chi connectivity index (χ0n) is 11.5. The predicted octanol–water partition coefficient (Wildman–Crippen LogP) is 2.97. The molecule has 0 bridgehead atoms. The molecule has 1 atom stereocenters. The minimum absolute atomic E-state index is 0.645. The smallest absolute Gasteiger partial charge is 0.170 e. The van der Waals surface area contributed by atoms with Gasteiger partial charge in [0.2, 0.25) is 0 Å². The van der Waals surface area contributed by atoms with Crippen molar-refractivity contribution in [1.82, 2.24) is 14.7 Å². The number of hydrogen-bond acceptors (Lipinski definition) is 6. The molecule has 0 spiro atoms. The molecule has 6 heteroatoms. The van der Waals surface area contributed by atoms with Gasteiger partial charge in [-0.2, -0.15) is 9.64 Å². The summed E-state index contributed by atoms with van der Waals surface area (Å²) in [5.74, 6) is 1.62. The Bertz CT molecular complexity index is 591. The summed E-state index contributed by atoms with van der Waals surface area (Å²) >= 11 is 3.06. The van der Waals surface area contributed by atoms with Crippen LogP contribution in [-0.4, -0.2) is 22.2 Å². The number of nitrogens with one attached hydrogen (secondary N) is 1. The van der Waals surface area contributed by atoms with Crippen molar-refractivity contribution in [1.29, 1.82) is 5.26 Å². The van der Waals surface area contributed by atoms with E-state index in [2.05, 4.69) is 20.7 Å². The number of hydrogen-bond donors (Lipinski definition) is 1. The fourth-order valence-corrected chi connectivity index (χ4v) is 3.72. The Balaban J connectivity index is 2.05. The van der Waals surface area contributed by atoms with Crippen molar-refractivity contribution in [2.45, 2.75) is 23.2 Å². The van der Waals surface area contributed by atoms with Crippen LogP contribution in [0.15, 0.2) is 34.7 Å². The van der Waals surface area contributed by atoms with E-state index in [1.54, 1.807) is 11.8 Å². The molecule has 1 N–H and O–H groups in total. The van der Waals surface area contributed by atoms with Crippen molar-refractivity contribution in [3.8, 4) is 6.07 Å². The first-order valence-electron chi connectivity index (χ1n) is 6.29. The summed E-state index contributed by atoms with van der Waals surface area (Å²) in [6.07, 6.45) is 0.716. The number of aromatic nitrogens is 2. The molecule has 0 fully saturated rings. The molecule has 0 amide bonds. The summed E-state index contributed by atoms with van der Waals surface area (Å²) < 4.78 is 5.12. The van der Waals surface area contributed by atoms with Gasteiger partial charge in [-0.1, -0.05) is 42.1 Å². The highest BCUT2D eigenvalue weighted by atomic mass is 32.2. The van der Waals surface area contributed by atoms with Crippen molar-refractivity contribution >= 4 is 23.3 Å². The lowest BCUT2D eigenvalue weighted by Crippen LogP contribution is -2.39. The van der Waals surface area contributed by atoms with Crippen molar-refractivity contribution < 1.29 is 0 Å². The molecule has 0 radical (unpaired) electrons. The number of nitriles is 1. The average Bonchev–Trinajstić information content (AvgIpc) is 2.90. The Morgan fingerprint density at radius 3 is 2.70 bits per heavy atom. The molecule has 1 unspecified atom stereocenters. The molecule has 0 aliphatic heterocycles. The van der Waals surface area contributed by atoms with E-state index in [1.165, 1.54) is 11.5 Å². The van der Waals surface area contributed by atoms with Gasteiger partial charge in [0.05, 0.1) is 6.07 Å². The van der Waals surface area contributed by atoms with E-state index in [9.17, 15) is 5.26 Å². The largest absolute Gasteiger partial charge is 0.299 e. The van der Waals surface area contributed by atoms with Crippen LogP contribution in [0.25, 0.3) is 0 Å². The van der Waals surface area contributed by atoms with Crippen molar-refractivity contribution in [3.63, 3.8) is 0 Å². The lowest BCUT2D eigenvalue weighted by Gasteiger charge is -2.26. The summed E-state index contributed by atoms with van der Waals surface area (Å²) in [7, 11) is 1.83. The predicted molar refractivity (Wildman–Crippen MR) is 82.8 cm³/mol. The zero-order chi connectivity index (χ0) is 14.4. The van der Waals surface area contributed by atoms with Gasteiger partial charge in [-0.15, -0.1) is 0 Å². The second-order valence-corrected chi connectivity index (χ2v) is 6.43. The van der Waals surface area contributed by atoms with Gasteiger partial charge >= 0.3 is 0 Å². The molecule has 2 aromatic rings. The standard InChI is InChI=1S/C14H16N4S2/c1-11-17-13(20-18-11)19-9-8-14(10-15,16-2)12-6-4-3-5-7-12/h3-7,16H,8-9H2,1-2H3. The van der Waals surface area contributed by atoms with Gasteiger partial charge in [-0.05, 0) is 37.5 Å². The monoisotopic (exact) mass is 304 g/mol. The highest BCUT2D eigenvalue weighted by molar-refractivity contribution is 8.00. The SMILES string of the molecule is CNC(C#N)(CCSc1nc(C)ns1)c1ccccc1. The van der Waals surface area contributed by atoms with Crippen LogP contribution < -0.4 is 5.32 Å². The summed E-state index contributed by atoms with van der Waals surface area (Å²) in [5.41, 5.74) is 0.354. The normalized spacial score (nSPS) is 13.7. The van der Waals surface area contributed by atoms with Crippen LogP contribution in [-0.2, 0) is 5.54 Å².